The lowest BCUT2D eigenvalue weighted by Crippen LogP contribution is -1.61. The van der Waals surface area contributed by atoms with E-state index in [1.54, 1.807) is 12.2 Å². The Hall–Kier alpha value is -1.18. The van der Waals surface area contributed by atoms with E-state index in [1.165, 1.54) is 6.20 Å². The fourth-order valence-corrected chi connectivity index (χ4v) is 0.336. The van der Waals surface area contributed by atoms with Crippen molar-refractivity contribution in [3.63, 3.8) is 0 Å². The molecule has 0 radical (unpaired) electrons. The van der Waals surface area contributed by atoms with Crippen LogP contribution in [-0.2, 0) is 0 Å². The predicted molar refractivity (Wildman–Crippen MR) is 39.0 cm³/mol. The minimum Gasteiger partial charge on any atom is -0.160 e. The van der Waals surface area contributed by atoms with Crippen molar-refractivity contribution in [1.29, 1.82) is 0 Å². The normalized spacial score (nSPS) is 11.9. The lowest BCUT2D eigenvalue weighted by Gasteiger charge is -1.81. The molecule has 0 atom stereocenters. The summed E-state index contributed by atoms with van der Waals surface area (Å²) in [7, 11) is 0. The van der Waals surface area contributed by atoms with Gasteiger partial charge < -0.3 is 0 Å². The number of nitrogens with zero attached hydrogens (tertiary/aromatic N) is 2. The molecule has 0 saturated carbocycles. The summed E-state index contributed by atoms with van der Waals surface area (Å²) < 4.78 is 0. The van der Waals surface area contributed by atoms with Crippen LogP contribution in [0.2, 0.25) is 0 Å². The highest BCUT2D eigenvalue weighted by Gasteiger charge is 1.75. The summed E-state index contributed by atoms with van der Waals surface area (Å²) in [6, 6.07) is 0. The molecule has 0 fully saturated rings. The van der Waals surface area contributed by atoms with Crippen LogP contribution < -0.4 is 0 Å². The quantitative estimate of drug-likeness (QED) is 0.406. The Bertz CT molecular complexity index is 154. The van der Waals surface area contributed by atoms with Crippen LogP contribution in [0, 0.1) is 0 Å². The van der Waals surface area contributed by atoms with Crippen LogP contribution in [0.1, 0.15) is 6.92 Å². The molecular weight excluding hydrogens is 112 g/mol. The average Bonchev–Trinajstić information content (AvgIpc) is 1.85. The number of hydrogen-bond acceptors (Lipinski definition) is 2. The third kappa shape index (κ3) is 4.68. The van der Waals surface area contributed by atoms with Crippen molar-refractivity contribution < 1.29 is 0 Å². The molecule has 2 nitrogen and oxygen atoms in total. The van der Waals surface area contributed by atoms with Crippen LogP contribution in [0.4, 0.5) is 0 Å². The number of azo groups is 1. The molecular formula is C7H10N2. The molecule has 0 N–H and O–H groups in total. The first-order chi connectivity index (χ1) is 4.31. The summed E-state index contributed by atoms with van der Waals surface area (Å²) in [5.74, 6) is 0. The second-order valence-corrected chi connectivity index (χ2v) is 1.44. The molecule has 2 heteroatoms. The van der Waals surface area contributed by atoms with Gasteiger partial charge in [-0.1, -0.05) is 19.2 Å². The molecule has 0 aliphatic heterocycles. The van der Waals surface area contributed by atoms with Gasteiger partial charge in [0.1, 0.15) is 0 Å². The molecule has 0 aromatic heterocycles. The molecule has 0 aromatic carbocycles. The van der Waals surface area contributed by atoms with E-state index in [4.69, 9.17) is 0 Å². The largest absolute Gasteiger partial charge is 0.160 e. The highest BCUT2D eigenvalue weighted by molar-refractivity contribution is 5.05. The SMILES string of the molecule is C=CC=C(C)N=NC=C. The monoisotopic (exact) mass is 122 g/mol. The summed E-state index contributed by atoms with van der Waals surface area (Å²) in [5, 5.41) is 7.29. The maximum atomic E-state index is 3.73. The molecule has 0 saturated heterocycles. The van der Waals surface area contributed by atoms with Gasteiger partial charge in [-0.05, 0) is 13.0 Å². The zero-order chi connectivity index (χ0) is 7.11. The van der Waals surface area contributed by atoms with E-state index in [-0.39, 0.29) is 0 Å². The van der Waals surface area contributed by atoms with Crippen molar-refractivity contribution in [1.82, 2.24) is 0 Å². The zero-order valence-corrected chi connectivity index (χ0v) is 5.54. The molecule has 0 aromatic rings. The summed E-state index contributed by atoms with van der Waals surface area (Å²) >= 11 is 0. The summed E-state index contributed by atoms with van der Waals surface area (Å²) in [6.07, 6.45) is 4.82. The van der Waals surface area contributed by atoms with Gasteiger partial charge in [0.15, 0.2) is 0 Å². The van der Waals surface area contributed by atoms with Crippen molar-refractivity contribution in [3.8, 4) is 0 Å². The van der Waals surface area contributed by atoms with Crippen molar-refractivity contribution in [2.75, 3.05) is 0 Å². The molecule has 0 heterocycles. The van der Waals surface area contributed by atoms with Gasteiger partial charge in [-0.2, -0.15) is 10.2 Å². The Balaban J connectivity index is 3.88. The first-order valence-corrected chi connectivity index (χ1v) is 2.62. The Labute approximate surface area is 55.3 Å². The van der Waals surface area contributed by atoms with Crippen LogP contribution in [0.15, 0.2) is 47.4 Å². The highest BCUT2D eigenvalue weighted by atomic mass is 15.1. The average molecular weight is 122 g/mol. The van der Waals surface area contributed by atoms with E-state index < -0.39 is 0 Å². The molecule has 0 aliphatic carbocycles. The Morgan fingerprint density at radius 2 is 2.11 bits per heavy atom. The van der Waals surface area contributed by atoms with E-state index in [2.05, 4.69) is 23.4 Å². The standard InChI is InChI=1S/C7H10N2/c1-4-6-7(3)9-8-5-2/h4-6H,1-2H2,3H3. The minimum atomic E-state index is 0.824. The molecule has 0 spiro atoms. The van der Waals surface area contributed by atoms with Crippen molar-refractivity contribution >= 4 is 0 Å². The van der Waals surface area contributed by atoms with Gasteiger partial charge in [0.25, 0.3) is 0 Å². The van der Waals surface area contributed by atoms with E-state index in [1.807, 2.05) is 6.92 Å². The lowest BCUT2D eigenvalue weighted by atomic mass is 10.4. The topological polar surface area (TPSA) is 24.7 Å². The minimum absolute atomic E-state index is 0.824. The van der Waals surface area contributed by atoms with Crippen LogP contribution in [0.25, 0.3) is 0 Å². The van der Waals surface area contributed by atoms with Crippen LogP contribution in [-0.4, -0.2) is 0 Å². The smallest absolute Gasteiger partial charge is 0.0599 e. The summed E-state index contributed by atoms with van der Waals surface area (Å²) in [6.45, 7) is 8.73. The molecule has 0 amide bonds. The van der Waals surface area contributed by atoms with E-state index in [0.29, 0.717) is 0 Å². The zero-order valence-electron chi connectivity index (χ0n) is 5.54. The maximum Gasteiger partial charge on any atom is 0.0599 e. The van der Waals surface area contributed by atoms with Crippen LogP contribution >= 0.6 is 0 Å². The van der Waals surface area contributed by atoms with E-state index in [9.17, 15) is 0 Å². The van der Waals surface area contributed by atoms with Crippen molar-refractivity contribution in [2.24, 2.45) is 10.2 Å². The van der Waals surface area contributed by atoms with Gasteiger partial charge in [0, 0.05) is 6.20 Å². The first kappa shape index (κ1) is 7.82. The Kier molecular flexibility index (Phi) is 4.32. The highest BCUT2D eigenvalue weighted by Crippen LogP contribution is 1.94. The fraction of sp³-hybridized carbons (Fsp3) is 0.143. The molecule has 0 unspecified atom stereocenters. The summed E-state index contributed by atoms with van der Waals surface area (Å²) in [5.41, 5.74) is 0.824. The molecule has 0 aliphatic rings. The first-order valence-electron chi connectivity index (χ1n) is 2.62. The molecule has 9 heavy (non-hydrogen) atoms. The number of hydrogen-bond donors (Lipinski definition) is 0. The second-order valence-electron chi connectivity index (χ2n) is 1.44. The van der Waals surface area contributed by atoms with Gasteiger partial charge in [-0.25, -0.2) is 0 Å². The fourth-order valence-electron chi connectivity index (χ4n) is 0.336. The second kappa shape index (κ2) is 4.97. The van der Waals surface area contributed by atoms with Gasteiger partial charge >= 0.3 is 0 Å². The van der Waals surface area contributed by atoms with Crippen molar-refractivity contribution in [3.05, 3.63) is 37.2 Å². The number of allylic oxidation sites excluding steroid dienone is 3. The summed E-state index contributed by atoms with van der Waals surface area (Å²) in [4.78, 5) is 0. The number of rotatable bonds is 3. The Morgan fingerprint density at radius 1 is 1.44 bits per heavy atom. The Morgan fingerprint density at radius 3 is 2.56 bits per heavy atom. The van der Waals surface area contributed by atoms with E-state index >= 15 is 0 Å². The van der Waals surface area contributed by atoms with Gasteiger partial charge in [0.2, 0.25) is 0 Å². The molecule has 0 bridgehead atoms. The molecule has 48 valence electrons. The van der Waals surface area contributed by atoms with Crippen molar-refractivity contribution in [2.45, 2.75) is 6.92 Å². The maximum absolute atomic E-state index is 3.73. The van der Waals surface area contributed by atoms with Crippen LogP contribution in [0.3, 0.4) is 0 Å². The third-order valence-electron chi connectivity index (χ3n) is 0.656. The predicted octanol–water partition coefficient (Wildman–Crippen LogP) is 2.67. The van der Waals surface area contributed by atoms with Gasteiger partial charge in [-0.15, -0.1) is 0 Å². The van der Waals surface area contributed by atoms with E-state index in [0.717, 1.165) is 5.70 Å². The van der Waals surface area contributed by atoms with Crippen LogP contribution in [0.5, 0.6) is 0 Å². The van der Waals surface area contributed by atoms with Gasteiger partial charge in [-0.3, -0.25) is 0 Å². The lowest BCUT2D eigenvalue weighted by molar-refractivity contribution is 1.13. The third-order valence-corrected chi connectivity index (χ3v) is 0.656. The van der Waals surface area contributed by atoms with Gasteiger partial charge in [0.05, 0.1) is 5.70 Å². The molecule has 0 rings (SSSR count).